The van der Waals surface area contributed by atoms with Crippen LogP contribution in [0.25, 0.3) is 0 Å². The van der Waals surface area contributed by atoms with Crippen LogP contribution in [0, 0.1) is 0 Å². The number of hydrogen-bond acceptors (Lipinski definition) is 3. The number of unbranched alkanes of at least 4 members (excludes halogenated alkanes) is 25. The highest BCUT2D eigenvalue weighted by Crippen LogP contribution is 2.31. The maximum Gasteiger partial charge on any atom is 0.315 e. The summed E-state index contributed by atoms with van der Waals surface area (Å²) >= 11 is 0. The number of carbonyl (C=O) groups is 1. The van der Waals surface area contributed by atoms with Crippen LogP contribution in [0.15, 0.2) is 24.3 Å². The molecule has 230 valence electrons. The molecular formula is C37H65NO2. The van der Waals surface area contributed by atoms with Gasteiger partial charge in [-0.3, -0.25) is 4.79 Å². The van der Waals surface area contributed by atoms with Crippen LogP contribution in [0.3, 0.4) is 0 Å². The predicted octanol–water partition coefficient (Wildman–Crippen LogP) is 11.9. The summed E-state index contributed by atoms with van der Waals surface area (Å²) in [4.78, 5) is 12.4. The molecule has 1 heterocycles. The lowest BCUT2D eigenvalue weighted by Gasteiger charge is -2.10. The van der Waals surface area contributed by atoms with E-state index in [1.165, 1.54) is 161 Å². The molecule has 1 aromatic rings. The molecule has 0 fully saturated rings. The molecule has 0 aliphatic carbocycles. The van der Waals surface area contributed by atoms with Crippen LogP contribution in [-0.2, 0) is 9.53 Å². The maximum absolute atomic E-state index is 12.4. The highest BCUT2D eigenvalue weighted by molar-refractivity contribution is 5.83. The fraction of sp³-hybridized carbons (Fsp3) is 0.811. The van der Waals surface area contributed by atoms with E-state index in [0.29, 0.717) is 13.2 Å². The van der Waals surface area contributed by atoms with Gasteiger partial charge in [0.1, 0.15) is 5.92 Å². The van der Waals surface area contributed by atoms with E-state index in [9.17, 15) is 4.79 Å². The molecule has 1 aromatic carbocycles. The Morgan fingerprint density at radius 3 is 1.40 bits per heavy atom. The Morgan fingerprint density at radius 2 is 0.975 bits per heavy atom. The van der Waals surface area contributed by atoms with Crippen molar-refractivity contribution >= 4 is 11.7 Å². The minimum Gasteiger partial charge on any atom is -0.465 e. The Balaban J connectivity index is 1.21. The van der Waals surface area contributed by atoms with E-state index in [-0.39, 0.29) is 11.9 Å². The highest BCUT2D eigenvalue weighted by Gasteiger charge is 2.29. The van der Waals surface area contributed by atoms with E-state index in [0.717, 1.165) is 17.7 Å². The van der Waals surface area contributed by atoms with E-state index in [1.54, 1.807) is 0 Å². The highest BCUT2D eigenvalue weighted by atomic mass is 16.5. The van der Waals surface area contributed by atoms with Gasteiger partial charge in [0.15, 0.2) is 0 Å². The van der Waals surface area contributed by atoms with Crippen molar-refractivity contribution in [2.24, 2.45) is 0 Å². The van der Waals surface area contributed by atoms with Crippen molar-refractivity contribution in [1.29, 1.82) is 0 Å². The molecule has 2 rings (SSSR count). The Kier molecular flexibility index (Phi) is 21.9. The molecule has 40 heavy (non-hydrogen) atoms. The van der Waals surface area contributed by atoms with E-state index < -0.39 is 0 Å². The second-order valence-corrected chi connectivity index (χ2v) is 12.5. The molecule has 0 saturated carbocycles. The fourth-order valence-corrected chi connectivity index (χ4v) is 6.19. The first-order valence-corrected chi connectivity index (χ1v) is 17.8. The van der Waals surface area contributed by atoms with Crippen molar-refractivity contribution in [3.05, 3.63) is 29.8 Å². The Hall–Kier alpha value is -1.51. The molecule has 0 aromatic heterocycles. The van der Waals surface area contributed by atoms with Crippen molar-refractivity contribution in [1.82, 2.24) is 0 Å². The minimum atomic E-state index is -0.139. The fourth-order valence-electron chi connectivity index (χ4n) is 6.19. The van der Waals surface area contributed by atoms with Gasteiger partial charge in [-0.1, -0.05) is 186 Å². The minimum absolute atomic E-state index is 0.0722. The predicted molar refractivity (Wildman–Crippen MR) is 174 cm³/mol. The average molecular weight is 556 g/mol. The largest absolute Gasteiger partial charge is 0.465 e. The first-order valence-electron chi connectivity index (χ1n) is 17.8. The lowest BCUT2D eigenvalue weighted by molar-refractivity contribution is -0.145. The molecule has 3 nitrogen and oxygen atoms in total. The molecule has 0 amide bonds. The van der Waals surface area contributed by atoms with Gasteiger partial charge in [-0.15, -0.1) is 0 Å². The van der Waals surface area contributed by atoms with Gasteiger partial charge in [-0.2, -0.15) is 0 Å². The van der Waals surface area contributed by atoms with Crippen molar-refractivity contribution in [3.8, 4) is 0 Å². The number of hydrogen-bond donors (Lipinski definition) is 1. The number of esters is 1. The van der Waals surface area contributed by atoms with Gasteiger partial charge in [0.05, 0.1) is 6.61 Å². The summed E-state index contributed by atoms with van der Waals surface area (Å²) < 4.78 is 5.56. The van der Waals surface area contributed by atoms with Gasteiger partial charge in [-0.05, 0) is 18.1 Å². The van der Waals surface area contributed by atoms with Crippen molar-refractivity contribution < 1.29 is 9.53 Å². The summed E-state index contributed by atoms with van der Waals surface area (Å²) in [6.45, 7) is 3.53. The molecule has 1 N–H and O–H groups in total. The van der Waals surface area contributed by atoms with E-state index in [2.05, 4.69) is 12.2 Å². The first-order chi connectivity index (χ1) is 19.8. The third-order valence-electron chi connectivity index (χ3n) is 8.86. The van der Waals surface area contributed by atoms with Crippen molar-refractivity contribution in [2.45, 2.75) is 180 Å². The van der Waals surface area contributed by atoms with Crippen molar-refractivity contribution in [2.75, 3.05) is 18.5 Å². The average Bonchev–Trinajstić information content (AvgIpc) is 3.41. The lowest BCUT2D eigenvalue weighted by Crippen LogP contribution is -2.18. The van der Waals surface area contributed by atoms with Gasteiger partial charge in [-0.25, -0.2) is 0 Å². The van der Waals surface area contributed by atoms with Crippen LogP contribution in [0.5, 0.6) is 0 Å². The summed E-state index contributed by atoms with van der Waals surface area (Å²) in [7, 11) is 0. The third-order valence-corrected chi connectivity index (χ3v) is 8.86. The topological polar surface area (TPSA) is 38.3 Å². The number of carbonyl (C=O) groups excluding carboxylic acids is 1. The summed E-state index contributed by atoms with van der Waals surface area (Å²) in [6, 6.07) is 8.06. The van der Waals surface area contributed by atoms with Gasteiger partial charge in [0.25, 0.3) is 0 Å². The molecule has 0 spiro atoms. The maximum atomic E-state index is 12.4. The summed E-state index contributed by atoms with van der Waals surface area (Å²) in [5.41, 5.74) is 2.15. The number of anilines is 1. The van der Waals surface area contributed by atoms with Gasteiger partial charge in [0, 0.05) is 12.2 Å². The molecular weight excluding hydrogens is 490 g/mol. The number of para-hydroxylation sites is 1. The Bertz CT molecular complexity index is 718. The SMILES string of the molecule is CCCCCCCCCCCCCCCCCCCCCCCCCCCCOC(=O)C1CNc2ccccc21. The second-order valence-electron chi connectivity index (χ2n) is 12.5. The molecule has 0 saturated heterocycles. The number of benzene rings is 1. The summed E-state index contributed by atoms with van der Waals surface area (Å²) in [5.74, 6) is -0.211. The zero-order valence-electron chi connectivity index (χ0n) is 26.5. The van der Waals surface area contributed by atoms with Crippen LogP contribution >= 0.6 is 0 Å². The molecule has 1 unspecified atom stereocenters. The van der Waals surface area contributed by atoms with E-state index >= 15 is 0 Å². The van der Waals surface area contributed by atoms with Crippen LogP contribution in [0.2, 0.25) is 0 Å². The number of fused-ring (bicyclic) bond motifs is 1. The molecule has 3 heteroatoms. The van der Waals surface area contributed by atoms with Crippen LogP contribution < -0.4 is 5.32 Å². The number of rotatable bonds is 28. The molecule has 0 radical (unpaired) electrons. The molecule has 1 aliphatic heterocycles. The van der Waals surface area contributed by atoms with Crippen LogP contribution in [0.4, 0.5) is 5.69 Å². The van der Waals surface area contributed by atoms with Gasteiger partial charge < -0.3 is 10.1 Å². The zero-order valence-corrected chi connectivity index (χ0v) is 26.5. The monoisotopic (exact) mass is 556 g/mol. The summed E-state index contributed by atoms with van der Waals surface area (Å²) in [6.07, 6.45) is 36.6. The third kappa shape index (κ3) is 17.3. The van der Waals surface area contributed by atoms with E-state index in [1.807, 2.05) is 24.3 Å². The first kappa shape index (κ1) is 34.7. The summed E-state index contributed by atoms with van der Waals surface area (Å²) in [5, 5.41) is 3.30. The standard InChI is InChI=1S/C37H65NO2/c1-2-3-4-5-6-7-8-9-10-11-12-13-14-15-16-17-18-19-20-21-22-23-24-25-26-29-32-40-37(39)35-33-38-36-31-28-27-30-34(35)36/h27-28,30-31,35,38H,2-26,29,32-33H2,1H3. The zero-order chi connectivity index (χ0) is 28.4. The van der Waals surface area contributed by atoms with E-state index in [4.69, 9.17) is 4.74 Å². The quantitative estimate of drug-likeness (QED) is 0.0825. The van der Waals surface area contributed by atoms with Gasteiger partial charge in [0.2, 0.25) is 0 Å². The van der Waals surface area contributed by atoms with Crippen LogP contribution in [-0.4, -0.2) is 19.1 Å². The smallest absolute Gasteiger partial charge is 0.315 e. The number of nitrogens with one attached hydrogen (secondary N) is 1. The normalized spacial score (nSPS) is 14.3. The second kappa shape index (κ2) is 25.2. The lowest BCUT2D eigenvalue weighted by atomic mass is 10.0. The van der Waals surface area contributed by atoms with Crippen molar-refractivity contribution in [3.63, 3.8) is 0 Å². The number of ether oxygens (including phenoxy) is 1. The Labute approximate surface area is 249 Å². The molecule has 0 bridgehead atoms. The van der Waals surface area contributed by atoms with Crippen LogP contribution in [0.1, 0.15) is 185 Å². The molecule has 1 atom stereocenters. The molecule has 1 aliphatic rings. The van der Waals surface area contributed by atoms with Gasteiger partial charge >= 0.3 is 5.97 Å². The Morgan fingerprint density at radius 1 is 0.600 bits per heavy atom.